The average Bonchev–Trinajstić information content (AvgIpc) is 2.73. The Morgan fingerprint density at radius 3 is 3.06 bits per heavy atom. The number of aliphatic hydroxyl groups is 1. The maximum absolute atomic E-state index is 11.7. The summed E-state index contributed by atoms with van der Waals surface area (Å²) < 4.78 is 5.42. The van der Waals surface area contributed by atoms with Crippen LogP contribution in [0.5, 0.6) is 5.75 Å². The topological polar surface area (TPSA) is 49.8 Å². The summed E-state index contributed by atoms with van der Waals surface area (Å²) in [5, 5.41) is 9.34. The predicted octanol–water partition coefficient (Wildman–Crippen LogP) is 0.967. The summed E-state index contributed by atoms with van der Waals surface area (Å²) in [6.07, 6.45) is 0.286. The molecule has 0 aromatic heterocycles. The summed E-state index contributed by atoms with van der Waals surface area (Å²) in [5.74, 6) is 0.640. The Balaban J connectivity index is 1.84. The van der Waals surface area contributed by atoms with Crippen LogP contribution in [-0.2, 0) is 4.79 Å². The van der Waals surface area contributed by atoms with Crippen molar-refractivity contribution in [2.24, 2.45) is 0 Å². The number of aliphatic hydroxyl groups excluding tert-OH is 1. The maximum Gasteiger partial charge on any atom is 0.260 e. The molecule has 2 rings (SSSR count). The Bertz CT molecular complexity index is 405. The summed E-state index contributed by atoms with van der Waals surface area (Å²) in [7, 11) is 0. The largest absolute Gasteiger partial charge is 0.484 e. The number of aryl methyl sites for hydroxylation is 1. The Hall–Kier alpha value is -1.55. The maximum atomic E-state index is 11.7. The van der Waals surface area contributed by atoms with Crippen molar-refractivity contribution in [2.75, 3.05) is 19.7 Å². The third kappa shape index (κ3) is 3.20. The number of benzene rings is 1. The number of hydrogen-bond acceptors (Lipinski definition) is 3. The zero-order valence-electron chi connectivity index (χ0n) is 9.93. The van der Waals surface area contributed by atoms with Crippen LogP contribution in [-0.4, -0.2) is 41.7 Å². The minimum atomic E-state index is -0.377. The molecule has 0 unspecified atom stereocenters. The highest BCUT2D eigenvalue weighted by Crippen LogP contribution is 2.13. The van der Waals surface area contributed by atoms with Crippen LogP contribution in [0.2, 0.25) is 0 Å². The summed E-state index contributed by atoms with van der Waals surface area (Å²) in [6, 6.07) is 7.60. The zero-order chi connectivity index (χ0) is 12.3. The van der Waals surface area contributed by atoms with Gasteiger partial charge in [0, 0.05) is 13.1 Å². The molecule has 17 heavy (non-hydrogen) atoms. The molecule has 1 saturated heterocycles. The molecule has 0 aliphatic carbocycles. The van der Waals surface area contributed by atoms with Crippen molar-refractivity contribution in [3.63, 3.8) is 0 Å². The molecule has 1 aromatic carbocycles. The van der Waals surface area contributed by atoms with Gasteiger partial charge in [-0.15, -0.1) is 0 Å². The van der Waals surface area contributed by atoms with Gasteiger partial charge >= 0.3 is 0 Å². The summed E-state index contributed by atoms with van der Waals surface area (Å²) in [5.41, 5.74) is 1.10. The quantitative estimate of drug-likeness (QED) is 0.849. The van der Waals surface area contributed by atoms with Crippen molar-refractivity contribution in [3.8, 4) is 5.75 Å². The first kappa shape index (κ1) is 11.9. The SMILES string of the molecule is Cc1cccc(OCC(=O)N2CC[C@H](O)C2)c1. The van der Waals surface area contributed by atoms with Crippen molar-refractivity contribution < 1.29 is 14.6 Å². The number of ether oxygens (including phenoxy) is 1. The Morgan fingerprint density at radius 2 is 2.41 bits per heavy atom. The van der Waals surface area contributed by atoms with E-state index in [4.69, 9.17) is 4.74 Å². The number of rotatable bonds is 3. The molecule has 1 heterocycles. The number of nitrogens with zero attached hydrogens (tertiary/aromatic N) is 1. The van der Waals surface area contributed by atoms with E-state index in [0.717, 1.165) is 5.56 Å². The van der Waals surface area contributed by atoms with Crippen LogP contribution in [0.15, 0.2) is 24.3 Å². The van der Waals surface area contributed by atoms with Crippen molar-refractivity contribution in [3.05, 3.63) is 29.8 Å². The van der Waals surface area contributed by atoms with Gasteiger partial charge in [0.25, 0.3) is 5.91 Å². The van der Waals surface area contributed by atoms with Gasteiger partial charge in [0.2, 0.25) is 0 Å². The lowest BCUT2D eigenvalue weighted by Crippen LogP contribution is -2.33. The summed E-state index contributed by atoms with van der Waals surface area (Å²) >= 11 is 0. The van der Waals surface area contributed by atoms with E-state index >= 15 is 0 Å². The average molecular weight is 235 g/mol. The minimum absolute atomic E-state index is 0.0379. The highest BCUT2D eigenvalue weighted by molar-refractivity contribution is 5.78. The standard InChI is InChI=1S/C13H17NO3/c1-10-3-2-4-12(7-10)17-9-13(16)14-6-5-11(15)8-14/h2-4,7,11,15H,5-6,8-9H2,1H3/t11-/m0/s1. The first-order chi connectivity index (χ1) is 8.15. The second-order valence-electron chi connectivity index (χ2n) is 4.39. The van der Waals surface area contributed by atoms with Gasteiger partial charge in [0.15, 0.2) is 6.61 Å². The van der Waals surface area contributed by atoms with Crippen LogP contribution in [0.3, 0.4) is 0 Å². The van der Waals surface area contributed by atoms with Crippen molar-refractivity contribution in [1.29, 1.82) is 0 Å². The first-order valence-electron chi connectivity index (χ1n) is 5.80. The molecule has 1 fully saturated rings. The molecule has 4 nitrogen and oxygen atoms in total. The van der Waals surface area contributed by atoms with Gasteiger partial charge in [-0.05, 0) is 31.0 Å². The number of likely N-dealkylation sites (tertiary alicyclic amines) is 1. The van der Waals surface area contributed by atoms with E-state index in [2.05, 4.69) is 0 Å². The van der Waals surface area contributed by atoms with Crippen LogP contribution in [0.1, 0.15) is 12.0 Å². The van der Waals surface area contributed by atoms with E-state index in [0.29, 0.717) is 25.3 Å². The van der Waals surface area contributed by atoms with Gasteiger partial charge < -0.3 is 14.7 Å². The molecule has 4 heteroatoms. The molecular weight excluding hydrogens is 218 g/mol. The Morgan fingerprint density at radius 1 is 1.59 bits per heavy atom. The fourth-order valence-electron chi connectivity index (χ4n) is 1.91. The van der Waals surface area contributed by atoms with Gasteiger partial charge in [-0.1, -0.05) is 12.1 Å². The van der Waals surface area contributed by atoms with Crippen molar-refractivity contribution in [1.82, 2.24) is 4.90 Å². The molecule has 1 aliphatic rings. The van der Waals surface area contributed by atoms with Crippen LogP contribution in [0.25, 0.3) is 0 Å². The zero-order valence-corrected chi connectivity index (χ0v) is 9.93. The molecule has 1 aromatic rings. The second kappa shape index (κ2) is 5.19. The molecule has 0 saturated carbocycles. The van der Waals surface area contributed by atoms with E-state index in [-0.39, 0.29) is 18.6 Å². The number of carbonyl (C=O) groups is 1. The molecule has 0 spiro atoms. The minimum Gasteiger partial charge on any atom is -0.484 e. The smallest absolute Gasteiger partial charge is 0.260 e. The highest BCUT2D eigenvalue weighted by Gasteiger charge is 2.24. The van der Waals surface area contributed by atoms with E-state index in [1.54, 1.807) is 4.90 Å². The molecular formula is C13H17NO3. The van der Waals surface area contributed by atoms with Gasteiger partial charge in [-0.3, -0.25) is 4.79 Å². The van der Waals surface area contributed by atoms with Gasteiger partial charge in [-0.25, -0.2) is 0 Å². The van der Waals surface area contributed by atoms with Gasteiger partial charge in [0.1, 0.15) is 5.75 Å². The van der Waals surface area contributed by atoms with Crippen LogP contribution in [0.4, 0.5) is 0 Å². The number of amides is 1. The number of hydrogen-bond donors (Lipinski definition) is 1. The molecule has 92 valence electrons. The first-order valence-corrected chi connectivity index (χ1v) is 5.80. The van der Waals surface area contributed by atoms with E-state index in [1.807, 2.05) is 31.2 Å². The fraction of sp³-hybridized carbons (Fsp3) is 0.462. The van der Waals surface area contributed by atoms with Crippen LogP contribution < -0.4 is 4.74 Å². The van der Waals surface area contributed by atoms with Crippen molar-refractivity contribution >= 4 is 5.91 Å². The van der Waals surface area contributed by atoms with Crippen LogP contribution >= 0.6 is 0 Å². The predicted molar refractivity (Wildman–Crippen MR) is 63.9 cm³/mol. The second-order valence-corrected chi connectivity index (χ2v) is 4.39. The molecule has 0 radical (unpaired) electrons. The highest BCUT2D eigenvalue weighted by atomic mass is 16.5. The summed E-state index contributed by atoms with van der Waals surface area (Å²) in [6.45, 7) is 3.06. The normalized spacial score (nSPS) is 19.4. The van der Waals surface area contributed by atoms with E-state index in [1.165, 1.54) is 0 Å². The van der Waals surface area contributed by atoms with Crippen LogP contribution in [0, 0.1) is 6.92 Å². The van der Waals surface area contributed by atoms with E-state index < -0.39 is 0 Å². The lowest BCUT2D eigenvalue weighted by atomic mass is 10.2. The Labute approximate surface area is 101 Å². The van der Waals surface area contributed by atoms with Crippen molar-refractivity contribution in [2.45, 2.75) is 19.4 Å². The molecule has 1 aliphatic heterocycles. The van der Waals surface area contributed by atoms with Gasteiger partial charge in [0.05, 0.1) is 6.10 Å². The monoisotopic (exact) mass is 235 g/mol. The lowest BCUT2D eigenvalue weighted by molar-refractivity contribution is -0.132. The molecule has 1 amide bonds. The fourth-order valence-corrected chi connectivity index (χ4v) is 1.91. The van der Waals surface area contributed by atoms with Gasteiger partial charge in [-0.2, -0.15) is 0 Å². The third-order valence-corrected chi connectivity index (χ3v) is 2.87. The molecule has 1 atom stereocenters. The molecule has 0 bridgehead atoms. The third-order valence-electron chi connectivity index (χ3n) is 2.87. The summed E-state index contributed by atoms with van der Waals surface area (Å²) in [4.78, 5) is 13.4. The lowest BCUT2D eigenvalue weighted by Gasteiger charge is -2.15. The Kier molecular flexibility index (Phi) is 3.64. The molecule has 1 N–H and O–H groups in total. The number of carbonyl (C=O) groups excluding carboxylic acids is 1. The number of β-amino-alcohol motifs (C(OH)–C–C–N with tert-alkyl or cyclic N) is 1. The van der Waals surface area contributed by atoms with E-state index in [9.17, 15) is 9.90 Å².